The molecule has 19 heavy (non-hydrogen) atoms. The molecule has 0 spiro atoms. The maximum atomic E-state index is 11.4. The fourth-order valence-electron chi connectivity index (χ4n) is 3.03. The van der Waals surface area contributed by atoms with Gasteiger partial charge in [0.25, 0.3) is 5.91 Å². The van der Waals surface area contributed by atoms with E-state index in [4.69, 9.17) is 5.73 Å². The molecule has 4 heteroatoms. The summed E-state index contributed by atoms with van der Waals surface area (Å²) in [6.07, 6.45) is 6.61. The van der Waals surface area contributed by atoms with Crippen LogP contribution in [0.3, 0.4) is 0 Å². The number of anilines is 1. The van der Waals surface area contributed by atoms with E-state index in [1.807, 2.05) is 0 Å². The minimum atomic E-state index is -0.424. The molecule has 1 aliphatic carbocycles. The number of carbonyl (C=O) groups is 1. The van der Waals surface area contributed by atoms with Gasteiger partial charge in [-0.2, -0.15) is 0 Å². The average Bonchev–Trinajstić information content (AvgIpc) is 2.39. The van der Waals surface area contributed by atoms with Gasteiger partial charge in [0.05, 0.1) is 5.56 Å². The summed E-state index contributed by atoms with van der Waals surface area (Å²) in [7, 11) is 0. The van der Waals surface area contributed by atoms with E-state index in [-0.39, 0.29) is 0 Å². The Kier molecular flexibility index (Phi) is 4.40. The van der Waals surface area contributed by atoms with Gasteiger partial charge < -0.3 is 11.1 Å². The lowest BCUT2D eigenvalue weighted by molar-refractivity contribution is 0.100. The Labute approximate surface area is 114 Å². The molecule has 0 radical (unpaired) electrons. The number of nitrogens with one attached hydrogen (secondary N) is 1. The van der Waals surface area contributed by atoms with Crippen LogP contribution in [0.4, 0.5) is 5.82 Å². The van der Waals surface area contributed by atoms with E-state index >= 15 is 0 Å². The highest BCUT2D eigenvalue weighted by atomic mass is 16.1. The Morgan fingerprint density at radius 3 is 2.84 bits per heavy atom. The Balaban J connectivity index is 2.17. The Bertz CT molecular complexity index is 445. The predicted molar refractivity (Wildman–Crippen MR) is 77.0 cm³/mol. The van der Waals surface area contributed by atoms with Crippen LogP contribution in [0.5, 0.6) is 0 Å². The van der Waals surface area contributed by atoms with Crippen LogP contribution in [-0.2, 0) is 0 Å². The second-order valence-corrected chi connectivity index (χ2v) is 5.71. The first-order chi connectivity index (χ1) is 9.09. The van der Waals surface area contributed by atoms with Gasteiger partial charge in [-0.25, -0.2) is 4.98 Å². The lowest BCUT2D eigenvalue weighted by Gasteiger charge is -2.35. The number of primary amides is 1. The summed E-state index contributed by atoms with van der Waals surface area (Å²) >= 11 is 0. The molecule has 1 aliphatic rings. The van der Waals surface area contributed by atoms with Crippen LogP contribution in [0.25, 0.3) is 0 Å². The third kappa shape index (κ3) is 3.25. The Morgan fingerprint density at radius 1 is 1.42 bits per heavy atom. The molecule has 104 valence electrons. The molecular weight excluding hydrogens is 238 g/mol. The molecule has 1 fully saturated rings. The summed E-state index contributed by atoms with van der Waals surface area (Å²) in [5, 5.41) is 3.45. The molecule has 2 unspecified atom stereocenters. The van der Waals surface area contributed by atoms with Crippen molar-refractivity contribution in [3.8, 4) is 0 Å². The SMILES string of the molecule is CC(C)C1CCCCC1Nc1ncccc1C(N)=O. The van der Waals surface area contributed by atoms with Crippen molar-refractivity contribution in [3.05, 3.63) is 23.9 Å². The van der Waals surface area contributed by atoms with E-state index in [0.29, 0.717) is 29.3 Å². The monoisotopic (exact) mass is 261 g/mol. The maximum Gasteiger partial charge on any atom is 0.252 e. The van der Waals surface area contributed by atoms with Gasteiger partial charge in [-0.1, -0.05) is 26.7 Å². The molecule has 4 nitrogen and oxygen atoms in total. The van der Waals surface area contributed by atoms with E-state index in [1.165, 1.54) is 19.3 Å². The quantitative estimate of drug-likeness (QED) is 0.875. The first-order valence-electron chi connectivity index (χ1n) is 7.11. The van der Waals surface area contributed by atoms with Gasteiger partial charge in [-0.3, -0.25) is 4.79 Å². The van der Waals surface area contributed by atoms with Gasteiger partial charge in [0, 0.05) is 12.2 Å². The van der Waals surface area contributed by atoms with Crippen LogP contribution in [0, 0.1) is 11.8 Å². The smallest absolute Gasteiger partial charge is 0.252 e. The van der Waals surface area contributed by atoms with Gasteiger partial charge in [0.2, 0.25) is 0 Å². The zero-order valence-electron chi connectivity index (χ0n) is 11.7. The summed E-state index contributed by atoms with van der Waals surface area (Å²) < 4.78 is 0. The van der Waals surface area contributed by atoms with E-state index in [9.17, 15) is 4.79 Å². The number of nitrogens with zero attached hydrogens (tertiary/aromatic N) is 1. The standard InChI is InChI=1S/C15H23N3O/c1-10(2)11-6-3-4-8-13(11)18-15-12(14(16)19)7-5-9-17-15/h5,7,9-11,13H,3-4,6,8H2,1-2H3,(H2,16,19)(H,17,18). The number of aromatic nitrogens is 1. The van der Waals surface area contributed by atoms with Gasteiger partial charge in [-0.15, -0.1) is 0 Å². The fraction of sp³-hybridized carbons (Fsp3) is 0.600. The Hall–Kier alpha value is -1.58. The van der Waals surface area contributed by atoms with Crippen molar-refractivity contribution in [2.24, 2.45) is 17.6 Å². The zero-order chi connectivity index (χ0) is 13.8. The van der Waals surface area contributed by atoms with Crippen LogP contribution >= 0.6 is 0 Å². The lowest BCUT2D eigenvalue weighted by atomic mass is 9.78. The number of rotatable bonds is 4. The van der Waals surface area contributed by atoms with Crippen LogP contribution in [0.1, 0.15) is 49.9 Å². The maximum absolute atomic E-state index is 11.4. The van der Waals surface area contributed by atoms with Gasteiger partial charge in [0.15, 0.2) is 0 Å². The van der Waals surface area contributed by atoms with Crippen molar-refractivity contribution < 1.29 is 4.79 Å². The molecule has 0 aliphatic heterocycles. The average molecular weight is 261 g/mol. The molecule has 0 bridgehead atoms. The van der Waals surface area contributed by atoms with Crippen LogP contribution in [0.15, 0.2) is 18.3 Å². The molecule has 1 saturated carbocycles. The van der Waals surface area contributed by atoms with E-state index in [0.717, 1.165) is 6.42 Å². The Morgan fingerprint density at radius 2 is 2.16 bits per heavy atom. The number of hydrogen-bond acceptors (Lipinski definition) is 3. The molecule has 3 N–H and O–H groups in total. The highest BCUT2D eigenvalue weighted by molar-refractivity contribution is 5.97. The molecular formula is C15H23N3O. The number of carbonyl (C=O) groups excluding carboxylic acids is 1. The molecule has 0 aromatic carbocycles. The van der Waals surface area contributed by atoms with Crippen molar-refractivity contribution in [1.82, 2.24) is 4.98 Å². The molecule has 1 aromatic heterocycles. The minimum Gasteiger partial charge on any atom is -0.366 e. The lowest BCUT2D eigenvalue weighted by Crippen LogP contribution is -2.36. The summed E-state index contributed by atoms with van der Waals surface area (Å²) in [4.78, 5) is 15.7. The van der Waals surface area contributed by atoms with E-state index < -0.39 is 5.91 Å². The third-order valence-corrected chi connectivity index (χ3v) is 4.07. The van der Waals surface area contributed by atoms with Crippen molar-refractivity contribution in [3.63, 3.8) is 0 Å². The number of hydrogen-bond donors (Lipinski definition) is 2. The summed E-state index contributed by atoms with van der Waals surface area (Å²) in [6, 6.07) is 3.86. The van der Waals surface area contributed by atoms with Crippen molar-refractivity contribution in [2.45, 2.75) is 45.6 Å². The topological polar surface area (TPSA) is 68.0 Å². The normalized spacial score (nSPS) is 23.3. The van der Waals surface area contributed by atoms with Gasteiger partial charge in [0.1, 0.15) is 5.82 Å². The van der Waals surface area contributed by atoms with Crippen LogP contribution < -0.4 is 11.1 Å². The van der Waals surface area contributed by atoms with Crippen LogP contribution in [0.2, 0.25) is 0 Å². The molecule has 1 amide bonds. The second-order valence-electron chi connectivity index (χ2n) is 5.71. The van der Waals surface area contributed by atoms with Crippen molar-refractivity contribution in [2.75, 3.05) is 5.32 Å². The number of amides is 1. The van der Waals surface area contributed by atoms with Gasteiger partial charge in [-0.05, 0) is 36.8 Å². The molecule has 0 saturated heterocycles. The highest BCUT2D eigenvalue weighted by Crippen LogP contribution is 2.32. The largest absolute Gasteiger partial charge is 0.366 e. The first kappa shape index (κ1) is 13.8. The van der Waals surface area contributed by atoms with E-state index in [1.54, 1.807) is 18.3 Å². The molecule has 2 rings (SSSR count). The van der Waals surface area contributed by atoms with Crippen molar-refractivity contribution in [1.29, 1.82) is 0 Å². The second kappa shape index (κ2) is 6.04. The summed E-state index contributed by atoms with van der Waals surface area (Å²) in [5.74, 6) is 1.48. The molecule has 1 aromatic rings. The first-order valence-corrected chi connectivity index (χ1v) is 7.11. The predicted octanol–water partition coefficient (Wildman–Crippen LogP) is 2.81. The molecule has 2 atom stereocenters. The van der Waals surface area contributed by atoms with Gasteiger partial charge >= 0.3 is 0 Å². The molecule has 1 heterocycles. The zero-order valence-corrected chi connectivity index (χ0v) is 11.7. The number of nitrogens with two attached hydrogens (primary N) is 1. The van der Waals surface area contributed by atoms with E-state index in [2.05, 4.69) is 24.1 Å². The summed E-state index contributed by atoms with van der Waals surface area (Å²) in [6.45, 7) is 4.52. The highest BCUT2D eigenvalue weighted by Gasteiger charge is 2.28. The van der Waals surface area contributed by atoms with Crippen molar-refractivity contribution >= 4 is 11.7 Å². The van der Waals surface area contributed by atoms with Crippen LogP contribution in [-0.4, -0.2) is 16.9 Å². The minimum absolute atomic E-state index is 0.391. The fourth-order valence-corrected chi connectivity index (χ4v) is 3.03. The summed E-state index contributed by atoms with van der Waals surface area (Å²) in [5.41, 5.74) is 5.88. The third-order valence-electron chi connectivity index (χ3n) is 4.07. The number of pyridine rings is 1.